The summed E-state index contributed by atoms with van der Waals surface area (Å²) in [5.41, 5.74) is 1.36. The molecule has 3 heteroatoms. The second-order valence-corrected chi connectivity index (χ2v) is 6.12. The molecule has 1 fully saturated rings. The molecule has 3 rings (SSSR count). The van der Waals surface area contributed by atoms with Gasteiger partial charge in [-0.3, -0.25) is 0 Å². The first-order valence-corrected chi connectivity index (χ1v) is 7.87. The van der Waals surface area contributed by atoms with Crippen LogP contribution in [0.25, 0.3) is 0 Å². The lowest BCUT2D eigenvalue weighted by Crippen LogP contribution is -2.28. The molecule has 0 unspecified atom stereocenters. The van der Waals surface area contributed by atoms with E-state index in [2.05, 4.69) is 36.9 Å². The Bertz CT molecular complexity index is 460. The Hall–Kier alpha value is -1.22. The van der Waals surface area contributed by atoms with Gasteiger partial charge < -0.3 is 14.4 Å². The predicted molar refractivity (Wildman–Crippen MR) is 80.7 cm³/mol. The maximum atomic E-state index is 5.67. The van der Waals surface area contributed by atoms with Gasteiger partial charge in [0.2, 0.25) is 0 Å². The van der Waals surface area contributed by atoms with Crippen LogP contribution in [0.1, 0.15) is 44.6 Å². The third-order valence-corrected chi connectivity index (χ3v) is 4.68. The highest BCUT2D eigenvalue weighted by Crippen LogP contribution is 2.34. The summed E-state index contributed by atoms with van der Waals surface area (Å²) in [6.07, 6.45) is 3.93. The molecule has 0 spiro atoms. The summed E-state index contributed by atoms with van der Waals surface area (Å²) in [5.74, 6) is 2.37. The molecule has 0 saturated carbocycles. The van der Waals surface area contributed by atoms with E-state index in [0.717, 1.165) is 17.5 Å². The van der Waals surface area contributed by atoms with Crippen LogP contribution < -0.4 is 9.47 Å². The average Bonchev–Trinajstić information content (AvgIpc) is 2.89. The third kappa shape index (κ3) is 2.93. The van der Waals surface area contributed by atoms with Crippen LogP contribution in [-0.4, -0.2) is 37.2 Å². The van der Waals surface area contributed by atoms with Gasteiger partial charge in [0.15, 0.2) is 11.5 Å². The van der Waals surface area contributed by atoms with Crippen LogP contribution in [-0.2, 0) is 0 Å². The Morgan fingerprint density at radius 3 is 2.80 bits per heavy atom. The van der Waals surface area contributed by atoms with E-state index in [4.69, 9.17) is 9.47 Å². The maximum Gasteiger partial charge on any atom is 0.161 e. The SMILES string of the molecule is C[C@H](CCN1CCC[C@@H]1C)c1ccc2c(c1)OCCO2. The number of nitrogens with zero attached hydrogens (tertiary/aromatic N) is 1. The number of hydrogen-bond acceptors (Lipinski definition) is 3. The first-order chi connectivity index (χ1) is 9.74. The van der Waals surface area contributed by atoms with Gasteiger partial charge in [-0.25, -0.2) is 0 Å². The van der Waals surface area contributed by atoms with E-state index in [-0.39, 0.29) is 0 Å². The van der Waals surface area contributed by atoms with Crippen LogP contribution >= 0.6 is 0 Å². The molecule has 20 heavy (non-hydrogen) atoms. The van der Waals surface area contributed by atoms with Crippen molar-refractivity contribution in [2.45, 2.75) is 45.1 Å². The van der Waals surface area contributed by atoms with Crippen molar-refractivity contribution in [3.05, 3.63) is 23.8 Å². The molecule has 3 nitrogen and oxygen atoms in total. The van der Waals surface area contributed by atoms with Crippen molar-refractivity contribution in [1.82, 2.24) is 4.90 Å². The number of hydrogen-bond donors (Lipinski definition) is 0. The van der Waals surface area contributed by atoms with E-state index in [0.29, 0.717) is 19.1 Å². The normalized spacial score (nSPS) is 23.8. The molecule has 0 aliphatic carbocycles. The van der Waals surface area contributed by atoms with Gasteiger partial charge in [0, 0.05) is 6.04 Å². The first-order valence-electron chi connectivity index (χ1n) is 7.87. The average molecular weight is 275 g/mol. The van der Waals surface area contributed by atoms with E-state index in [9.17, 15) is 0 Å². The second-order valence-electron chi connectivity index (χ2n) is 6.12. The van der Waals surface area contributed by atoms with Crippen molar-refractivity contribution < 1.29 is 9.47 Å². The van der Waals surface area contributed by atoms with E-state index < -0.39 is 0 Å². The summed E-state index contributed by atoms with van der Waals surface area (Å²) < 4.78 is 11.3. The smallest absolute Gasteiger partial charge is 0.161 e. The third-order valence-electron chi connectivity index (χ3n) is 4.68. The van der Waals surface area contributed by atoms with Crippen LogP contribution in [0.15, 0.2) is 18.2 Å². The number of benzene rings is 1. The fourth-order valence-electron chi connectivity index (χ4n) is 3.22. The predicted octanol–water partition coefficient (Wildman–Crippen LogP) is 3.44. The number of fused-ring (bicyclic) bond motifs is 1. The van der Waals surface area contributed by atoms with Crippen LogP contribution in [0.4, 0.5) is 0 Å². The fourth-order valence-corrected chi connectivity index (χ4v) is 3.22. The minimum atomic E-state index is 0.568. The molecule has 2 heterocycles. The number of ether oxygens (including phenoxy) is 2. The first kappa shape index (κ1) is 13.7. The summed E-state index contributed by atoms with van der Waals surface area (Å²) in [4.78, 5) is 2.62. The summed E-state index contributed by atoms with van der Waals surface area (Å²) >= 11 is 0. The van der Waals surface area contributed by atoms with Crippen molar-refractivity contribution in [2.75, 3.05) is 26.3 Å². The number of likely N-dealkylation sites (tertiary alicyclic amines) is 1. The van der Waals surface area contributed by atoms with Gasteiger partial charge in [-0.15, -0.1) is 0 Å². The van der Waals surface area contributed by atoms with Gasteiger partial charge in [0.1, 0.15) is 13.2 Å². The second kappa shape index (κ2) is 6.04. The Kier molecular flexibility index (Phi) is 4.16. The Morgan fingerprint density at radius 1 is 1.25 bits per heavy atom. The van der Waals surface area contributed by atoms with Crippen molar-refractivity contribution in [1.29, 1.82) is 0 Å². The minimum absolute atomic E-state index is 0.568. The van der Waals surface area contributed by atoms with Crippen molar-refractivity contribution in [2.24, 2.45) is 0 Å². The van der Waals surface area contributed by atoms with Gasteiger partial charge in [-0.05, 0) is 62.9 Å². The lowest BCUT2D eigenvalue weighted by Gasteiger charge is -2.24. The van der Waals surface area contributed by atoms with E-state index in [1.54, 1.807) is 0 Å². The van der Waals surface area contributed by atoms with Crippen molar-refractivity contribution in [3.8, 4) is 11.5 Å². The molecule has 110 valence electrons. The summed E-state index contributed by atoms with van der Waals surface area (Å²) in [5, 5.41) is 0. The van der Waals surface area contributed by atoms with Crippen LogP contribution in [0.2, 0.25) is 0 Å². The monoisotopic (exact) mass is 275 g/mol. The molecule has 2 aliphatic heterocycles. The molecular weight excluding hydrogens is 250 g/mol. The fraction of sp³-hybridized carbons (Fsp3) is 0.647. The molecule has 1 saturated heterocycles. The lowest BCUT2D eigenvalue weighted by atomic mass is 9.97. The summed E-state index contributed by atoms with van der Waals surface area (Å²) in [6.45, 7) is 8.46. The molecule has 2 atom stereocenters. The van der Waals surface area contributed by atoms with Gasteiger partial charge in [0.25, 0.3) is 0 Å². The highest BCUT2D eigenvalue weighted by molar-refractivity contribution is 5.44. The minimum Gasteiger partial charge on any atom is -0.486 e. The van der Waals surface area contributed by atoms with Crippen LogP contribution in [0.3, 0.4) is 0 Å². The quantitative estimate of drug-likeness (QED) is 0.840. The van der Waals surface area contributed by atoms with Crippen LogP contribution in [0, 0.1) is 0 Å². The summed E-state index contributed by atoms with van der Waals surface area (Å²) in [6, 6.07) is 7.17. The largest absolute Gasteiger partial charge is 0.486 e. The number of rotatable bonds is 4. The molecular formula is C17H25NO2. The maximum absolute atomic E-state index is 5.67. The zero-order valence-corrected chi connectivity index (χ0v) is 12.6. The topological polar surface area (TPSA) is 21.7 Å². The standard InChI is InChI=1S/C17H25NO2/c1-13(7-9-18-8-3-4-14(18)2)15-5-6-16-17(12-15)20-11-10-19-16/h5-6,12-14H,3-4,7-11H2,1-2H3/t13-,14+/m1/s1. The summed E-state index contributed by atoms with van der Waals surface area (Å²) in [7, 11) is 0. The molecule has 1 aromatic rings. The van der Waals surface area contributed by atoms with Gasteiger partial charge in [-0.2, -0.15) is 0 Å². The molecule has 1 aromatic carbocycles. The lowest BCUT2D eigenvalue weighted by molar-refractivity contribution is 0.171. The van der Waals surface area contributed by atoms with Gasteiger partial charge >= 0.3 is 0 Å². The molecule has 0 amide bonds. The highest BCUT2D eigenvalue weighted by atomic mass is 16.6. The molecule has 0 bridgehead atoms. The highest BCUT2D eigenvalue weighted by Gasteiger charge is 2.21. The zero-order valence-electron chi connectivity index (χ0n) is 12.6. The zero-order chi connectivity index (χ0) is 13.9. The molecule has 0 N–H and O–H groups in total. The Morgan fingerprint density at radius 2 is 2.05 bits per heavy atom. The van der Waals surface area contributed by atoms with Gasteiger partial charge in [-0.1, -0.05) is 13.0 Å². The van der Waals surface area contributed by atoms with Crippen molar-refractivity contribution in [3.63, 3.8) is 0 Å². The van der Waals surface area contributed by atoms with Crippen LogP contribution in [0.5, 0.6) is 11.5 Å². The molecule has 2 aliphatic rings. The Labute approximate surface area is 121 Å². The van der Waals surface area contributed by atoms with E-state index >= 15 is 0 Å². The molecule has 0 aromatic heterocycles. The molecule has 0 radical (unpaired) electrons. The van der Waals surface area contributed by atoms with E-state index in [1.807, 2.05) is 0 Å². The Balaban J connectivity index is 1.60. The van der Waals surface area contributed by atoms with E-state index in [1.165, 1.54) is 37.9 Å². The van der Waals surface area contributed by atoms with Crippen molar-refractivity contribution >= 4 is 0 Å². The van der Waals surface area contributed by atoms with Gasteiger partial charge in [0.05, 0.1) is 0 Å².